The molecule has 0 aromatic rings. The summed E-state index contributed by atoms with van der Waals surface area (Å²) >= 11 is 0. The lowest BCUT2D eigenvalue weighted by atomic mass is 10.1. The summed E-state index contributed by atoms with van der Waals surface area (Å²) in [5.41, 5.74) is 0. The van der Waals surface area contributed by atoms with E-state index in [-0.39, 0.29) is 6.10 Å². The zero-order valence-corrected chi connectivity index (χ0v) is 10.7. The molecule has 0 radical (unpaired) electrons. The zero-order chi connectivity index (χ0) is 11.4. The molecule has 1 aliphatic rings. The quantitative estimate of drug-likeness (QED) is 0.703. The fourth-order valence-electron chi connectivity index (χ4n) is 2.09. The summed E-state index contributed by atoms with van der Waals surface area (Å²) < 4.78 is 0. The van der Waals surface area contributed by atoms with Crippen LogP contribution < -0.4 is 0 Å². The van der Waals surface area contributed by atoms with Crippen molar-refractivity contribution in [2.75, 3.05) is 6.54 Å². The molecule has 0 heterocycles. The van der Waals surface area contributed by atoms with E-state index in [2.05, 4.69) is 32.6 Å². The van der Waals surface area contributed by atoms with E-state index in [1.807, 2.05) is 0 Å². The normalized spacial score (nSPS) is 21.0. The molecule has 2 nitrogen and oxygen atoms in total. The van der Waals surface area contributed by atoms with Crippen LogP contribution in [0, 0.1) is 5.92 Å². The minimum atomic E-state index is -0.155. The molecule has 1 rings (SSSR count). The maximum Gasteiger partial charge on any atom is 0.0690 e. The predicted molar refractivity (Wildman–Crippen MR) is 64.9 cm³/mol. The van der Waals surface area contributed by atoms with E-state index in [1.165, 1.54) is 19.3 Å². The molecule has 2 heteroatoms. The molecule has 0 aliphatic heterocycles. The van der Waals surface area contributed by atoms with Crippen molar-refractivity contribution >= 4 is 0 Å². The van der Waals surface area contributed by atoms with Crippen molar-refractivity contribution in [3.8, 4) is 0 Å². The summed E-state index contributed by atoms with van der Waals surface area (Å²) in [4.78, 5) is 2.52. The second-order valence-corrected chi connectivity index (χ2v) is 5.37. The van der Waals surface area contributed by atoms with Crippen molar-refractivity contribution in [2.45, 2.75) is 71.6 Å². The van der Waals surface area contributed by atoms with Crippen LogP contribution in [0.2, 0.25) is 0 Å². The van der Waals surface area contributed by atoms with Gasteiger partial charge < -0.3 is 5.11 Å². The number of hydrogen-bond donors (Lipinski definition) is 1. The first-order chi connectivity index (χ1) is 7.06. The first-order valence-electron chi connectivity index (χ1n) is 6.50. The van der Waals surface area contributed by atoms with Gasteiger partial charge in [0.1, 0.15) is 0 Å². The van der Waals surface area contributed by atoms with Gasteiger partial charge in [0.15, 0.2) is 0 Å². The molecule has 1 saturated carbocycles. The van der Waals surface area contributed by atoms with E-state index in [1.54, 1.807) is 0 Å². The number of hydrogen-bond acceptors (Lipinski definition) is 2. The highest BCUT2D eigenvalue weighted by Gasteiger charge is 2.33. The highest BCUT2D eigenvalue weighted by molar-refractivity contribution is 4.89. The Kier molecular flexibility index (Phi) is 5.07. The highest BCUT2D eigenvalue weighted by atomic mass is 16.3. The molecule has 90 valence electrons. The van der Waals surface area contributed by atoms with Gasteiger partial charge in [0.05, 0.1) is 6.10 Å². The Balaban J connectivity index is 2.41. The molecule has 15 heavy (non-hydrogen) atoms. The second-order valence-electron chi connectivity index (χ2n) is 5.37. The summed E-state index contributed by atoms with van der Waals surface area (Å²) in [5, 5.41) is 9.90. The van der Waals surface area contributed by atoms with Gasteiger partial charge >= 0.3 is 0 Å². The molecule has 2 atom stereocenters. The lowest BCUT2D eigenvalue weighted by Gasteiger charge is -2.32. The largest absolute Gasteiger partial charge is 0.392 e. The van der Waals surface area contributed by atoms with Crippen molar-refractivity contribution in [3.63, 3.8) is 0 Å². The number of aliphatic hydroxyl groups excluding tert-OH is 1. The number of aliphatic hydroxyl groups is 1. The molecular weight excluding hydrogens is 186 g/mol. The molecule has 0 amide bonds. The van der Waals surface area contributed by atoms with E-state index < -0.39 is 0 Å². The lowest BCUT2D eigenvalue weighted by Crippen LogP contribution is -2.43. The molecule has 0 spiro atoms. The monoisotopic (exact) mass is 213 g/mol. The average Bonchev–Trinajstić information content (AvgIpc) is 3.00. The first kappa shape index (κ1) is 13.0. The van der Waals surface area contributed by atoms with Crippen molar-refractivity contribution < 1.29 is 5.11 Å². The fraction of sp³-hybridized carbons (Fsp3) is 1.00. The third kappa shape index (κ3) is 4.12. The Hall–Kier alpha value is -0.0800. The third-order valence-electron chi connectivity index (χ3n) is 3.48. The van der Waals surface area contributed by atoms with E-state index >= 15 is 0 Å². The fourth-order valence-corrected chi connectivity index (χ4v) is 2.09. The standard InChI is InChI=1S/C13H27NO/c1-5-13(15)11(4)14(12-6-7-12)9-8-10(2)3/h10-13,15H,5-9H2,1-4H3. The predicted octanol–water partition coefficient (Wildman–Crippen LogP) is 2.66. The van der Waals surface area contributed by atoms with Crippen LogP contribution in [0.25, 0.3) is 0 Å². The van der Waals surface area contributed by atoms with E-state index in [0.29, 0.717) is 6.04 Å². The zero-order valence-electron chi connectivity index (χ0n) is 10.7. The summed E-state index contributed by atoms with van der Waals surface area (Å²) in [6.45, 7) is 9.93. The van der Waals surface area contributed by atoms with Gasteiger partial charge in [0.2, 0.25) is 0 Å². The number of rotatable bonds is 7. The van der Waals surface area contributed by atoms with Crippen molar-refractivity contribution in [2.24, 2.45) is 5.92 Å². The van der Waals surface area contributed by atoms with Gasteiger partial charge in [-0.3, -0.25) is 4.90 Å². The van der Waals surface area contributed by atoms with Crippen LogP contribution >= 0.6 is 0 Å². The van der Waals surface area contributed by atoms with Crippen LogP contribution in [0.15, 0.2) is 0 Å². The van der Waals surface area contributed by atoms with Gasteiger partial charge in [0, 0.05) is 12.1 Å². The van der Waals surface area contributed by atoms with Gasteiger partial charge in [0.25, 0.3) is 0 Å². The minimum Gasteiger partial charge on any atom is -0.392 e. The molecule has 0 bridgehead atoms. The van der Waals surface area contributed by atoms with Crippen LogP contribution in [-0.2, 0) is 0 Å². The van der Waals surface area contributed by atoms with Gasteiger partial charge in [-0.25, -0.2) is 0 Å². The van der Waals surface area contributed by atoms with Crippen molar-refractivity contribution in [1.82, 2.24) is 4.90 Å². The molecule has 1 fully saturated rings. The average molecular weight is 213 g/mol. The van der Waals surface area contributed by atoms with Gasteiger partial charge in [-0.05, 0) is 45.1 Å². The second kappa shape index (κ2) is 5.86. The maximum absolute atomic E-state index is 9.90. The molecular formula is C13H27NO. The summed E-state index contributed by atoms with van der Waals surface area (Å²) in [7, 11) is 0. The topological polar surface area (TPSA) is 23.5 Å². The smallest absolute Gasteiger partial charge is 0.0690 e. The van der Waals surface area contributed by atoms with Crippen LogP contribution in [0.5, 0.6) is 0 Å². The molecule has 0 saturated heterocycles. The summed E-state index contributed by atoms with van der Waals surface area (Å²) in [5.74, 6) is 0.761. The van der Waals surface area contributed by atoms with Crippen LogP contribution in [0.3, 0.4) is 0 Å². The number of nitrogens with zero attached hydrogens (tertiary/aromatic N) is 1. The van der Waals surface area contributed by atoms with Gasteiger partial charge in [-0.15, -0.1) is 0 Å². The Morgan fingerprint density at radius 2 is 1.87 bits per heavy atom. The molecule has 0 aromatic heterocycles. The van der Waals surface area contributed by atoms with Crippen molar-refractivity contribution in [1.29, 1.82) is 0 Å². The van der Waals surface area contributed by atoms with Gasteiger partial charge in [-0.1, -0.05) is 20.8 Å². The molecule has 1 aliphatic carbocycles. The molecule has 2 unspecified atom stereocenters. The highest BCUT2D eigenvalue weighted by Crippen LogP contribution is 2.30. The van der Waals surface area contributed by atoms with E-state index in [4.69, 9.17) is 0 Å². The van der Waals surface area contributed by atoms with Gasteiger partial charge in [-0.2, -0.15) is 0 Å². The molecule has 1 N–H and O–H groups in total. The SMILES string of the molecule is CCC(O)C(C)N(CCC(C)C)C1CC1. The first-order valence-corrected chi connectivity index (χ1v) is 6.50. The summed E-state index contributed by atoms with van der Waals surface area (Å²) in [6.07, 6.45) is 4.62. The Morgan fingerprint density at radius 1 is 1.27 bits per heavy atom. The molecule has 0 aromatic carbocycles. The Bertz CT molecular complexity index is 177. The summed E-state index contributed by atoms with van der Waals surface area (Å²) in [6, 6.07) is 1.10. The van der Waals surface area contributed by atoms with Crippen LogP contribution in [0.4, 0.5) is 0 Å². The third-order valence-corrected chi connectivity index (χ3v) is 3.48. The Labute approximate surface area is 94.7 Å². The van der Waals surface area contributed by atoms with Crippen LogP contribution in [0.1, 0.15) is 53.4 Å². The van der Waals surface area contributed by atoms with E-state index in [9.17, 15) is 5.11 Å². The van der Waals surface area contributed by atoms with Crippen molar-refractivity contribution in [3.05, 3.63) is 0 Å². The minimum absolute atomic E-state index is 0.155. The maximum atomic E-state index is 9.90. The lowest BCUT2D eigenvalue weighted by molar-refractivity contribution is 0.0486. The van der Waals surface area contributed by atoms with E-state index in [0.717, 1.165) is 24.9 Å². The Morgan fingerprint density at radius 3 is 2.27 bits per heavy atom. The van der Waals surface area contributed by atoms with Crippen LogP contribution in [-0.4, -0.2) is 34.7 Å².